The molecule has 0 aliphatic carbocycles. The second-order valence-corrected chi connectivity index (χ2v) is 4.02. The van der Waals surface area contributed by atoms with Crippen LogP contribution in [0.3, 0.4) is 0 Å². The fourth-order valence-electron chi connectivity index (χ4n) is 0.957. The normalized spacial score (nSPS) is 24.6. The van der Waals surface area contributed by atoms with Crippen molar-refractivity contribution in [2.45, 2.75) is 12.5 Å². The Morgan fingerprint density at radius 2 is 2.18 bits per heavy atom. The van der Waals surface area contributed by atoms with E-state index in [-0.39, 0.29) is 18.5 Å². The molecule has 1 aliphatic heterocycles. The van der Waals surface area contributed by atoms with E-state index in [1.165, 1.54) is 0 Å². The summed E-state index contributed by atoms with van der Waals surface area (Å²) in [7, 11) is -3.25. The van der Waals surface area contributed by atoms with E-state index in [1.54, 1.807) is 0 Å². The minimum Gasteiger partial charge on any atom is -0.314 e. The quantitative estimate of drug-likeness (QED) is 0.626. The summed E-state index contributed by atoms with van der Waals surface area (Å²) in [4.78, 5) is 0. The first-order chi connectivity index (χ1) is 4.58. The van der Waals surface area contributed by atoms with Crippen LogP contribution >= 0.6 is 12.4 Å². The van der Waals surface area contributed by atoms with Gasteiger partial charge in [-0.15, -0.1) is 12.4 Å². The summed E-state index contributed by atoms with van der Waals surface area (Å²) in [6.45, 7) is 1.49. The number of hydrogen-bond acceptors (Lipinski definition) is 4. The Balaban J connectivity index is 0.000001000. The van der Waals surface area contributed by atoms with E-state index < -0.39 is 10.1 Å². The number of hydrogen-bond donors (Lipinski definition) is 1. The van der Waals surface area contributed by atoms with Crippen molar-refractivity contribution in [1.82, 2.24) is 5.32 Å². The van der Waals surface area contributed by atoms with Crippen LogP contribution in [0.25, 0.3) is 0 Å². The predicted molar refractivity (Wildman–Crippen MR) is 44.5 cm³/mol. The fraction of sp³-hybridized carbons (Fsp3) is 1.00. The summed E-state index contributed by atoms with van der Waals surface area (Å²) >= 11 is 0. The standard InChI is InChI=1S/C5H11NO3S.ClH/c1-10(7,8)9-5-2-3-6-4-5;/h5-6H,2-4H2,1H3;1H/t5-;/m0./s1. The number of halogens is 1. The van der Waals surface area contributed by atoms with E-state index in [9.17, 15) is 8.42 Å². The Labute approximate surface area is 72.8 Å². The van der Waals surface area contributed by atoms with Gasteiger partial charge in [-0.1, -0.05) is 0 Å². The third kappa shape index (κ3) is 4.58. The van der Waals surface area contributed by atoms with Crippen LogP contribution in [-0.2, 0) is 14.3 Å². The monoisotopic (exact) mass is 201 g/mol. The van der Waals surface area contributed by atoms with E-state index in [2.05, 4.69) is 5.32 Å². The third-order valence-electron chi connectivity index (χ3n) is 1.33. The molecule has 0 aromatic rings. The Kier molecular flexibility index (Phi) is 4.31. The van der Waals surface area contributed by atoms with Crippen molar-refractivity contribution in [2.24, 2.45) is 0 Å². The minimum absolute atomic E-state index is 0. The molecule has 68 valence electrons. The highest BCUT2D eigenvalue weighted by Crippen LogP contribution is 2.05. The molecule has 0 spiro atoms. The van der Waals surface area contributed by atoms with Crippen molar-refractivity contribution in [3.05, 3.63) is 0 Å². The zero-order valence-electron chi connectivity index (χ0n) is 6.24. The van der Waals surface area contributed by atoms with Crippen LogP contribution in [0.15, 0.2) is 0 Å². The molecule has 11 heavy (non-hydrogen) atoms. The largest absolute Gasteiger partial charge is 0.314 e. The average molecular weight is 202 g/mol. The lowest BCUT2D eigenvalue weighted by molar-refractivity contribution is 0.232. The molecule has 1 aliphatic rings. The first kappa shape index (κ1) is 11.2. The van der Waals surface area contributed by atoms with Crippen molar-refractivity contribution < 1.29 is 12.6 Å². The SMILES string of the molecule is CS(=O)(=O)O[C@H]1CCNC1.Cl. The summed E-state index contributed by atoms with van der Waals surface area (Å²) in [5.74, 6) is 0. The van der Waals surface area contributed by atoms with Crippen LogP contribution in [0.1, 0.15) is 6.42 Å². The first-order valence-electron chi connectivity index (χ1n) is 3.17. The molecule has 0 unspecified atom stereocenters. The lowest BCUT2D eigenvalue weighted by atomic mass is 10.3. The number of nitrogens with one attached hydrogen (secondary N) is 1. The molecule has 4 nitrogen and oxygen atoms in total. The minimum atomic E-state index is -3.25. The molecule has 0 saturated carbocycles. The highest BCUT2D eigenvalue weighted by molar-refractivity contribution is 7.86. The van der Waals surface area contributed by atoms with Crippen LogP contribution in [0.4, 0.5) is 0 Å². The lowest BCUT2D eigenvalue weighted by Gasteiger charge is -2.05. The smallest absolute Gasteiger partial charge is 0.264 e. The summed E-state index contributed by atoms with van der Waals surface area (Å²) in [5.41, 5.74) is 0. The van der Waals surface area contributed by atoms with Gasteiger partial charge < -0.3 is 5.32 Å². The van der Waals surface area contributed by atoms with Gasteiger partial charge in [0, 0.05) is 6.54 Å². The van der Waals surface area contributed by atoms with E-state index in [1.807, 2.05) is 0 Å². The maximum absolute atomic E-state index is 10.5. The first-order valence-corrected chi connectivity index (χ1v) is 4.98. The Morgan fingerprint density at radius 1 is 1.55 bits per heavy atom. The van der Waals surface area contributed by atoms with E-state index in [4.69, 9.17) is 4.18 Å². The topological polar surface area (TPSA) is 55.4 Å². The lowest BCUT2D eigenvalue weighted by Crippen LogP contribution is -2.19. The van der Waals surface area contributed by atoms with Crippen LogP contribution < -0.4 is 5.32 Å². The van der Waals surface area contributed by atoms with Crippen molar-refractivity contribution in [1.29, 1.82) is 0 Å². The molecular weight excluding hydrogens is 190 g/mol. The van der Waals surface area contributed by atoms with Crippen LogP contribution in [0.2, 0.25) is 0 Å². The Hall–Kier alpha value is 0.160. The molecule has 1 atom stereocenters. The second-order valence-electron chi connectivity index (χ2n) is 2.42. The van der Waals surface area contributed by atoms with Gasteiger partial charge >= 0.3 is 0 Å². The maximum atomic E-state index is 10.5. The zero-order chi connectivity index (χ0) is 7.61. The highest BCUT2D eigenvalue weighted by atomic mass is 35.5. The van der Waals surface area contributed by atoms with E-state index in [0.717, 1.165) is 19.2 Å². The molecule has 6 heteroatoms. The van der Waals surface area contributed by atoms with Gasteiger partial charge in [0.1, 0.15) is 0 Å². The molecule has 0 amide bonds. The van der Waals surface area contributed by atoms with Gasteiger partial charge in [0.05, 0.1) is 12.4 Å². The average Bonchev–Trinajstić information content (AvgIpc) is 2.12. The van der Waals surface area contributed by atoms with Crippen molar-refractivity contribution in [3.8, 4) is 0 Å². The van der Waals surface area contributed by atoms with Crippen LogP contribution in [0.5, 0.6) is 0 Å². The molecule has 1 heterocycles. The van der Waals surface area contributed by atoms with Crippen LogP contribution in [-0.4, -0.2) is 33.9 Å². The third-order valence-corrected chi connectivity index (χ3v) is 1.95. The molecule has 0 aromatic carbocycles. The van der Waals surface area contributed by atoms with Gasteiger partial charge in [-0.25, -0.2) is 0 Å². The Bertz CT molecular complexity index is 198. The van der Waals surface area contributed by atoms with Crippen molar-refractivity contribution in [3.63, 3.8) is 0 Å². The van der Waals surface area contributed by atoms with Gasteiger partial charge in [0.2, 0.25) is 0 Å². The van der Waals surface area contributed by atoms with Crippen molar-refractivity contribution >= 4 is 22.5 Å². The molecule has 1 rings (SSSR count). The molecular formula is C5H12ClNO3S. The van der Waals surface area contributed by atoms with Crippen molar-refractivity contribution in [2.75, 3.05) is 19.3 Å². The van der Waals surface area contributed by atoms with E-state index in [0.29, 0.717) is 6.54 Å². The van der Waals surface area contributed by atoms with Gasteiger partial charge in [-0.3, -0.25) is 4.18 Å². The molecule has 0 aromatic heterocycles. The van der Waals surface area contributed by atoms with Gasteiger partial charge in [0.15, 0.2) is 0 Å². The van der Waals surface area contributed by atoms with Gasteiger partial charge in [-0.05, 0) is 13.0 Å². The van der Waals surface area contributed by atoms with Crippen LogP contribution in [0, 0.1) is 0 Å². The van der Waals surface area contributed by atoms with Gasteiger partial charge in [0.25, 0.3) is 10.1 Å². The summed E-state index contributed by atoms with van der Waals surface area (Å²) in [6, 6.07) is 0. The molecule has 0 radical (unpaired) electrons. The highest BCUT2D eigenvalue weighted by Gasteiger charge is 2.18. The van der Waals surface area contributed by atoms with E-state index >= 15 is 0 Å². The zero-order valence-corrected chi connectivity index (χ0v) is 7.87. The Morgan fingerprint density at radius 3 is 2.55 bits per heavy atom. The fourth-order valence-corrected chi connectivity index (χ4v) is 1.62. The molecule has 0 bridgehead atoms. The molecule has 1 saturated heterocycles. The number of rotatable bonds is 2. The maximum Gasteiger partial charge on any atom is 0.264 e. The van der Waals surface area contributed by atoms with Gasteiger partial charge in [-0.2, -0.15) is 8.42 Å². The summed E-state index contributed by atoms with van der Waals surface area (Å²) in [6.07, 6.45) is 1.72. The second kappa shape index (κ2) is 4.25. The molecule has 1 N–H and O–H groups in total. The molecule has 1 fully saturated rings. The summed E-state index contributed by atoms with van der Waals surface area (Å²) < 4.78 is 25.8. The summed E-state index contributed by atoms with van der Waals surface area (Å²) in [5, 5.41) is 3.01. The predicted octanol–water partition coefficient (Wildman–Crippen LogP) is -0.254.